The van der Waals surface area contributed by atoms with Crippen LogP contribution >= 0.6 is 0 Å². The summed E-state index contributed by atoms with van der Waals surface area (Å²) in [6.45, 7) is 2.26. The fourth-order valence-electron chi connectivity index (χ4n) is 2.34. The summed E-state index contributed by atoms with van der Waals surface area (Å²) in [6.07, 6.45) is 0. The molecule has 0 fully saturated rings. The molecule has 0 amide bonds. The van der Waals surface area contributed by atoms with Crippen molar-refractivity contribution < 1.29 is 22.0 Å². The number of ether oxygens (including phenoxy) is 1. The number of hydrogen-bond acceptors (Lipinski definition) is 6. The van der Waals surface area contributed by atoms with Crippen LogP contribution in [-0.2, 0) is 9.84 Å². The van der Waals surface area contributed by atoms with Crippen LogP contribution < -0.4 is 10.1 Å². The molecule has 3 aromatic rings. The van der Waals surface area contributed by atoms with Gasteiger partial charge in [-0.25, -0.2) is 12.8 Å². The van der Waals surface area contributed by atoms with Gasteiger partial charge in [0.25, 0.3) is 0 Å². The molecule has 0 bridgehead atoms. The van der Waals surface area contributed by atoms with Gasteiger partial charge >= 0.3 is 0 Å². The number of aromatic nitrogens is 1. The molecule has 6 nitrogen and oxygen atoms in total. The Morgan fingerprint density at radius 2 is 1.77 bits per heavy atom. The van der Waals surface area contributed by atoms with Crippen LogP contribution in [-0.4, -0.2) is 27.1 Å². The molecule has 2 aromatic carbocycles. The minimum Gasteiger partial charge on any atom is -0.497 e. The van der Waals surface area contributed by atoms with Gasteiger partial charge in [0.1, 0.15) is 11.6 Å². The third-order valence-electron chi connectivity index (χ3n) is 3.65. The summed E-state index contributed by atoms with van der Waals surface area (Å²) in [5, 5.41) is 2.63. The van der Waals surface area contributed by atoms with Gasteiger partial charge in [0.2, 0.25) is 26.6 Å². The summed E-state index contributed by atoms with van der Waals surface area (Å²) in [4.78, 5) is 4.11. The van der Waals surface area contributed by atoms with E-state index in [0.29, 0.717) is 17.9 Å². The van der Waals surface area contributed by atoms with Crippen LogP contribution in [0.15, 0.2) is 62.9 Å². The van der Waals surface area contributed by atoms with Crippen LogP contribution in [0.1, 0.15) is 6.92 Å². The van der Waals surface area contributed by atoms with Crippen LogP contribution in [0.4, 0.5) is 10.3 Å². The van der Waals surface area contributed by atoms with Gasteiger partial charge in [-0.2, -0.15) is 4.98 Å². The van der Waals surface area contributed by atoms with E-state index < -0.39 is 15.7 Å². The zero-order valence-electron chi connectivity index (χ0n) is 14.2. The molecule has 1 heterocycles. The number of methoxy groups -OCH3 is 1. The first-order chi connectivity index (χ1) is 12.5. The highest BCUT2D eigenvalue weighted by atomic mass is 32.2. The second-order valence-electron chi connectivity index (χ2n) is 5.37. The monoisotopic (exact) mass is 376 g/mol. The van der Waals surface area contributed by atoms with Gasteiger partial charge in [0.15, 0.2) is 0 Å². The third kappa shape index (κ3) is 3.41. The number of sulfone groups is 1. The first-order valence-electron chi connectivity index (χ1n) is 7.85. The molecule has 0 radical (unpaired) electrons. The molecule has 0 saturated heterocycles. The summed E-state index contributed by atoms with van der Waals surface area (Å²) < 4.78 is 49.6. The fourth-order valence-corrected chi connectivity index (χ4v) is 3.62. The van der Waals surface area contributed by atoms with Crippen molar-refractivity contribution in [1.29, 1.82) is 0 Å². The Kier molecular flexibility index (Phi) is 4.94. The lowest BCUT2D eigenvalue weighted by Crippen LogP contribution is -2.07. The summed E-state index contributed by atoms with van der Waals surface area (Å²) in [7, 11) is -2.41. The summed E-state index contributed by atoms with van der Waals surface area (Å²) >= 11 is 0. The summed E-state index contributed by atoms with van der Waals surface area (Å²) in [6, 6.07) is 11.4. The summed E-state index contributed by atoms with van der Waals surface area (Å²) in [5.74, 6) is 0.341. The predicted octanol–water partition coefficient (Wildman–Crippen LogP) is 3.75. The van der Waals surface area contributed by atoms with Crippen LogP contribution in [0.25, 0.3) is 11.5 Å². The van der Waals surface area contributed by atoms with Gasteiger partial charge in [0, 0.05) is 12.1 Å². The molecule has 1 N–H and O–H groups in total. The number of benzene rings is 2. The second kappa shape index (κ2) is 7.17. The zero-order chi connectivity index (χ0) is 18.7. The van der Waals surface area contributed by atoms with Gasteiger partial charge in [-0.05, 0) is 55.5 Å². The molecule has 0 aliphatic rings. The molecule has 0 atom stereocenters. The van der Waals surface area contributed by atoms with E-state index in [0.717, 1.165) is 12.1 Å². The van der Waals surface area contributed by atoms with Gasteiger partial charge < -0.3 is 14.5 Å². The molecule has 0 spiro atoms. The largest absolute Gasteiger partial charge is 0.497 e. The fraction of sp³-hybridized carbons (Fsp3) is 0.167. The highest BCUT2D eigenvalue weighted by Crippen LogP contribution is 2.32. The Labute approximate surface area is 150 Å². The maximum atomic E-state index is 13.1. The lowest BCUT2D eigenvalue weighted by atomic mass is 10.2. The van der Waals surface area contributed by atoms with Crippen LogP contribution in [0, 0.1) is 5.82 Å². The number of rotatable bonds is 6. The highest BCUT2D eigenvalue weighted by Gasteiger charge is 2.28. The molecule has 3 rings (SSSR count). The average molecular weight is 376 g/mol. The van der Waals surface area contributed by atoms with E-state index in [1.807, 2.05) is 6.92 Å². The van der Waals surface area contributed by atoms with E-state index in [-0.39, 0.29) is 21.7 Å². The van der Waals surface area contributed by atoms with Crippen LogP contribution in [0.3, 0.4) is 0 Å². The zero-order valence-corrected chi connectivity index (χ0v) is 15.0. The van der Waals surface area contributed by atoms with E-state index in [2.05, 4.69) is 10.3 Å². The first kappa shape index (κ1) is 17.9. The van der Waals surface area contributed by atoms with Crippen LogP contribution in [0.2, 0.25) is 0 Å². The molecule has 0 saturated carbocycles. The molecule has 0 aliphatic carbocycles. The Morgan fingerprint density at radius 1 is 1.12 bits per heavy atom. The van der Waals surface area contributed by atoms with Crippen molar-refractivity contribution in [2.75, 3.05) is 19.0 Å². The average Bonchev–Trinajstić information content (AvgIpc) is 3.07. The molecule has 8 heteroatoms. The normalized spacial score (nSPS) is 11.3. The third-order valence-corrected chi connectivity index (χ3v) is 5.33. The van der Waals surface area contributed by atoms with Gasteiger partial charge in [-0.15, -0.1) is 0 Å². The van der Waals surface area contributed by atoms with Crippen molar-refractivity contribution in [2.24, 2.45) is 0 Å². The van der Waals surface area contributed by atoms with Crippen molar-refractivity contribution in [2.45, 2.75) is 16.8 Å². The van der Waals surface area contributed by atoms with Gasteiger partial charge in [0.05, 0.1) is 12.0 Å². The predicted molar refractivity (Wildman–Crippen MR) is 94.5 cm³/mol. The van der Waals surface area contributed by atoms with E-state index >= 15 is 0 Å². The number of oxazole rings is 1. The maximum absolute atomic E-state index is 13.1. The van der Waals surface area contributed by atoms with Crippen molar-refractivity contribution in [3.05, 3.63) is 54.3 Å². The summed E-state index contributed by atoms with van der Waals surface area (Å²) in [5.41, 5.74) is 0.602. The molecular weight excluding hydrogens is 359 g/mol. The van der Waals surface area contributed by atoms with Gasteiger partial charge in [-0.3, -0.25) is 0 Å². The maximum Gasteiger partial charge on any atom is 0.233 e. The minimum absolute atomic E-state index is 0.0441. The molecule has 1 aromatic heterocycles. The van der Waals surface area contributed by atoms with Crippen molar-refractivity contribution >= 4 is 15.7 Å². The lowest BCUT2D eigenvalue weighted by Gasteiger charge is -2.04. The second-order valence-corrected chi connectivity index (χ2v) is 7.23. The Hall–Kier alpha value is -2.87. The number of hydrogen-bond donors (Lipinski definition) is 1. The van der Waals surface area contributed by atoms with Crippen LogP contribution in [0.5, 0.6) is 5.75 Å². The molecule has 26 heavy (non-hydrogen) atoms. The molecule has 0 aliphatic heterocycles. The molecule has 0 unspecified atom stereocenters. The molecular formula is C18H17FN2O4S. The van der Waals surface area contributed by atoms with E-state index in [9.17, 15) is 12.8 Å². The number of halogens is 1. The van der Waals surface area contributed by atoms with Crippen molar-refractivity contribution in [1.82, 2.24) is 4.98 Å². The topological polar surface area (TPSA) is 81.4 Å². The van der Waals surface area contributed by atoms with Crippen molar-refractivity contribution in [3.8, 4) is 17.2 Å². The Bertz CT molecular complexity index is 997. The highest BCUT2D eigenvalue weighted by molar-refractivity contribution is 7.91. The van der Waals surface area contributed by atoms with Crippen molar-refractivity contribution in [3.63, 3.8) is 0 Å². The number of nitrogens with zero attached hydrogens (tertiary/aromatic N) is 1. The van der Waals surface area contributed by atoms with E-state index in [1.165, 1.54) is 12.1 Å². The standard InChI is InChI=1S/C18H17FN2O4S/c1-3-20-17-18(26(22,23)15-10-6-13(19)7-11-15)21-16(25-17)12-4-8-14(24-2)9-5-12/h4-11,20H,3H2,1-2H3. The van der Waals surface area contributed by atoms with E-state index in [4.69, 9.17) is 9.15 Å². The Morgan fingerprint density at radius 3 is 2.35 bits per heavy atom. The SMILES string of the molecule is CCNc1oc(-c2ccc(OC)cc2)nc1S(=O)(=O)c1ccc(F)cc1. The first-order valence-corrected chi connectivity index (χ1v) is 9.33. The minimum atomic E-state index is -3.97. The number of anilines is 1. The molecule has 136 valence electrons. The van der Waals surface area contributed by atoms with E-state index in [1.54, 1.807) is 31.4 Å². The number of nitrogens with one attached hydrogen (secondary N) is 1. The smallest absolute Gasteiger partial charge is 0.233 e. The Balaban J connectivity index is 2.08. The quantitative estimate of drug-likeness (QED) is 0.660. The lowest BCUT2D eigenvalue weighted by molar-refractivity contribution is 0.415. The van der Waals surface area contributed by atoms with Gasteiger partial charge in [-0.1, -0.05) is 0 Å².